The van der Waals surface area contributed by atoms with Crippen LogP contribution in [0.3, 0.4) is 0 Å². The van der Waals surface area contributed by atoms with Crippen molar-refractivity contribution in [2.24, 2.45) is 5.92 Å². The first-order chi connectivity index (χ1) is 11.4. The molecule has 1 aromatic rings. The summed E-state index contributed by atoms with van der Waals surface area (Å²) in [6.07, 6.45) is 0. The Morgan fingerprint density at radius 1 is 1.25 bits per heavy atom. The molecule has 0 aromatic heterocycles. The number of carbonyl (C=O) groups is 1. The molecule has 24 heavy (non-hydrogen) atoms. The van der Waals surface area contributed by atoms with Crippen LogP contribution in [-0.2, 0) is 19.6 Å². The van der Waals surface area contributed by atoms with Gasteiger partial charge in [-0.1, -0.05) is 13.8 Å². The van der Waals surface area contributed by atoms with Gasteiger partial charge in [0.15, 0.2) is 6.61 Å². The fourth-order valence-electron chi connectivity index (χ4n) is 2.12. The highest BCUT2D eigenvalue weighted by atomic mass is 32.2. The first-order valence-corrected chi connectivity index (χ1v) is 9.45. The van der Waals surface area contributed by atoms with E-state index in [2.05, 4.69) is 4.72 Å². The van der Waals surface area contributed by atoms with Crippen molar-refractivity contribution in [3.63, 3.8) is 0 Å². The zero-order valence-corrected chi connectivity index (χ0v) is 14.8. The first-order valence-electron chi connectivity index (χ1n) is 7.96. The number of ether oxygens (including phenoxy) is 2. The van der Waals surface area contributed by atoms with Crippen molar-refractivity contribution in [3.8, 4) is 5.75 Å². The highest BCUT2D eigenvalue weighted by Gasteiger charge is 2.18. The summed E-state index contributed by atoms with van der Waals surface area (Å²) >= 11 is 0. The predicted molar refractivity (Wildman–Crippen MR) is 89.4 cm³/mol. The Labute approximate surface area is 143 Å². The highest BCUT2D eigenvalue weighted by Crippen LogP contribution is 2.16. The molecule has 0 aliphatic carbocycles. The first kappa shape index (κ1) is 18.7. The summed E-state index contributed by atoms with van der Waals surface area (Å²) < 4.78 is 37.4. The predicted octanol–water partition coefficient (Wildman–Crippen LogP) is 0.859. The van der Waals surface area contributed by atoms with Crippen LogP contribution in [0, 0.1) is 5.92 Å². The molecule has 1 N–H and O–H groups in total. The molecule has 1 aliphatic heterocycles. The van der Waals surface area contributed by atoms with Crippen molar-refractivity contribution in [1.82, 2.24) is 9.62 Å². The van der Waals surface area contributed by atoms with Crippen LogP contribution in [-0.4, -0.2) is 58.7 Å². The fraction of sp³-hybridized carbons (Fsp3) is 0.562. The number of sulfonamides is 1. The Hall–Kier alpha value is -1.64. The molecule has 0 unspecified atom stereocenters. The van der Waals surface area contributed by atoms with E-state index in [4.69, 9.17) is 9.47 Å². The van der Waals surface area contributed by atoms with E-state index in [1.165, 1.54) is 12.1 Å². The molecule has 2 rings (SSSR count). The molecule has 7 nitrogen and oxygen atoms in total. The molecule has 0 atom stereocenters. The van der Waals surface area contributed by atoms with E-state index in [-0.39, 0.29) is 23.3 Å². The number of carbonyl (C=O) groups excluding carboxylic acids is 1. The van der Waals surface area contributed by atoms with Crippen molar-refractivity contribution in [2.75, 3.05) is 39.5 Å². The molecule has 0 bridgehead atoms. The lowest BCUT2D eigenvalue weighted by Gasteiger charge is -2.26. The van der Waals surface area contributed by atoms with E-state index < -0.39 is 10.0 Å². The average molecular weight is 356 g/mol. The monoisotopic (exact) mass is 356 g/mol. The van der Waals surface area contributed by atoms with Crippen LogP contribution in [0.15, 0.2) is 29.2 Å². The molecule has 0 spiro atoms. The maximum Gasteiger partial charge on any atom is 0.260 e. The van der Waals surface area contributed by atoms with Gasteiger partial charge in [0.1, 0.15) is 5.75 Å². The summed E-state index contributed by atoms with van der Waals surface area (Å²) in [5.41, 5.74) is 0. The maximum atomic E-state index is 12.1. The Bertz CT molecular complexity index is 637. The van der Waals surface area contributed by atoms with E-state index in [1.807, 2.05) is 13.8 Å². The smallest absolute Gasteiger partial charge is 0.260 e. The second-order valence-electron chi connectivity index (χ2n) is 6.00. The maximum absolute atomic E-state index is 12.1. The quantitative estimate of drug-likeness (QED) is 0.783. The number of hydrogen-bond donors (Lipinski definition) is 1. The van der Waals surface area contributed by atoms with Gasteiger partial charge in [0.25, 0.3) is 5.91 Å². The highest BCUT2D eigenvalue weighted by molar-refractivity contribution is 7.89. The number of benzene rings is 1. The van der Waals surface area contributed by atoms with Crippen LogP contribution in [0.1, 0.15) is 13.8 Å². The number of morpholine rings is 1. The lowest BCUT2D eigenvalue weighted by Crippen LogP contribution is -2.42. The average Bonchev–Trinajstić information content (AvgIpc) is 2.59. The summed E-state index contributed by atoms with van der Waals surface area (Å²) in [5.74, 6) is 0.585. The van der Waals surface area contributed by atoms with Gasteiger partial charge < -0.3 is 14.4 Å². The molecule has 0 saturated carbocycles. The van der Waals surface area contributed by atoms with Crippen molar-refractivity contribution in [1.29, 1.82) is 0 Å². The molecule has 1 fully saturated rings. The van der Waals surface area contributed by atoms with Crippen LogP contribution in [0.25, 0.3) is 0 Å². The minimum Gasteiger partial charge on any atom is -0.484 e. The normalized spacial score (nSPS) is 15.5. The summed E-state index contributed by atoms with van der Waals surface area (Å²) in [6, 6.07) is 6.04. The van der Waals surface area contributed by atoms with E-state index >= 15 is 0 Å². The van der Waals surface area contributed by atoms with Crippen molar-refractivity contribution in [2.45, 2.75) is 18.7 Å². The second-order valence-corrected chi connectivity index (χ2v) is 7.77. The van der Waals surface area contributed by atoms with Crippen molar-refractivity contribution in [3.05, 3.63) is 24.3 Å². The van der Waals surface area contributed by atoms with Crippen molar-refractivity contribution < 1.29 is 22.7 Å². The van der Waals surface area contributed by atoms with Gasteiger partial charge in [-0.15, -0.1) is 0 Å². The van der Waals surface area contributed by atoms with Gasteiger partial charge in [-0.2, -0.15) is 0 Å². The third kappa shape index (κ3) is 5.47. The van der Waals surface area contributed by atoms with E-state index in [0.717, 1.165) is 0 Å². The molecular weight excluding hydrogens is 332 g/mol. The van der Waals surface area contributed by atoms with Crippen LogP contribution in [0.2, 0.25) is 0 Å². The Kier molecular flexibility index (Phi) is 6.59. The van der Waals surface area contributed by atoms with Crippen LogP contribution in [0.5, 0.6) is 5.75 Å². The van der Waals surface area contributed by atoms with Gasteiger partial charge in [0, 0.05) is 19.6 Å². The third-order valence-corrected chi connectivity index (χ3v) is 4.98. The molecule has 0 radical (unpaired) electrons. The topological polar surface area (TPSA) is 84.9 Å². The summed E-state index contributed by atoms with van der Waals surface area (Å²) in [5, 5.41) is 0. The molecule has 1 aromatic carbocycles. The van der Waals surface area contributed by atoms with Gasteiger partial charge in [-0.25, -0.2) is 13.1 Å². The number of hydrogen-bond acceptors (Lipinski definition) is 5. The largest absolute Gasteiger partial charge is 0.484 e. The SMILES string of the molecule is CC(C)CNS(=O)(=O)c1ccc(OCC(=O)N2CCOCC2)cc1. The minimum atomic E-state index is -3.52. The van der Waals surface area contributed by atoms with E-state index in [0.29, 0.717) is 38.6 Å². The van der Waals surface area contributed by atoms with E-state index in [9.17, 15) is 13.2 Å². The van der Waals surface area contributed by atoms with Crippen molar-refractivity contribution >= 4 is 15.9 Å². The Morgan fingerprint density at radius 2 is 1.88 bits per heavy atom. The zero-order chi connectivity index (χ0) is 17.6. The lowest BCUT2D eigenvalue weighted by atomic mass is 10.2. The fourth-order valence-corrected chi connectivity index (χ4v) is 3.34. The molecule has 1 saturated heterocycles. The van der Waals surface area contributed by atoms with E-state index in [1.54, 1.807) is 17.0 Å². The number of nitrogens with one attached hydrogen (secondary N) is 1. The molecule has 1 heterocycles. The lowest BCUT2D eigenvalue weighted by molar-refractivity contribution is -0.137. The number of amides is 1. The van der Waals surface area contributed by atoms with Crippen LogP contribution >= 0.6 is 0 Å². The molecule has 1 aliphatic rings. The van der Waals surface area contributed by atoms with Gasteiger partial charge in [-0.05, 0) is 30.2 Å². The van der Waals surface area contributed by atoms with Gasteiger partial charge in [0.05, 0.1) is 18.1 Å². The van der Waals surface area contributed by atoms with Gasteiger partial charge in [-0.3, -0.25) is 4.79 Å². The standard InChI is InChI=1S/C16H24N2O5S/c1-13(2)11-17-24(20,21)15-5-3-14(4-6-15)23-12-16(19)18-7-9-22-10-8-18/h3-6,13,17H,7-12H2,1-2H3. The zero-order valence-electron chi connectivity index (χ0n) is 14.0. The minimum absolute atomic E-state index is 0.0717. The molecular formula is C16H24N2O5S. The Morgan fingerprint density at radius 3 is 2.46 bits per heavy atom. The van der Waals surface area contributed by atoms with Crippen LogP contribution in [0.4, 0.5) is 0 Å². The summed E-state index contributed by atoms with van der Waals surface area (Å²) in [7, 11) is -3.52. The summed E-state index contributed by atoms with van der Waals surface area (Å²) in [6.45, 7) is 6.41. The number of nitrogens with zero attached hydrogens (tertiary/aromatic N) is 1. The van der Waals surface area contributed by atoms with Gasteiger partial charge >= 0.3 is 0 Å². The third-order valence-electron chi connectivity index (χ3n) is 3.54. The number of rotatable bonds is 7. The molecule has 1 amide bonds. The van der Waals surface area contributed by atoms with Gasteiger partial charge in [0.2, 0.25) is 10.0 Å². The summed E-state index contributed by atoms with van der Waals surface area (Å²) in [4.78, 5) is 13.9. The molecule has 8 heteroatoms. The van der Waals surface area contributed by atoms with Crippen LogP contribution < -0.4 is 9.46 Å². The molecule has 134 valence electrons. The second kappa shape index (κ2) is 8.46. The Balaban J connectivity index is 1.88.